The van der Waals surface area contributed by atoms with Crippen molar-refractivity contribution in [3.05, 3.63) is 53.6 Å². The molecule has 0 spiro atoms. The fraction of sp³-hybridized carbons (Fsp3) is 0.455. The van der Waals surface area contributed by atoms with Crippen LogP contribution in [0.1, 0.15) is 69.3 Å². The highest BCUT2D eigenvalue weighted by atomic mass is 16.6. The molecule has 1 aromatic heterocycles. The van der Waals surface area contributed by atoms with Crippen LogP contribution in [0.2, 0.25) is 0 Å². The molecule has 15 nitrogen and oxygen atoms in total. The minimum Gasteiger partial charge on any atom is -0.494 e. The monoisotopic (exact) mass is 664 g/mol. The predicted octanol–water partition coefficient (Wildman–Crippen LogP) is 4.07. The zero-order chi connectivity index (χ0) is 34.5. The van der Waals surface area contributed by atoms with Gasteiger partial charge in [-0.15, -0.1) is 0 Å². The molecule has 1 atom stereocenters. The van der Waals surface area contributed by atoms with Crippen molar-refractivity contribution in [3.8, 4) is 17.5 Å². The number of primary amides is 1. The van der Waals surface area contributed by atoms with Crippen molar-refractivity contribution in [1.82, 2.24) is 25.6 Å². The number of amides is 3. The molecule has 3 amide bonds. The van der Waals surface area contributed by atoms with Crippen LogP contribution in [0.4, 0.5) is 22.4 Å². The Balaban J connectivity index is 1.56. The first kappa shape index (κ1) is 35.5. The first-order valence-electron chi connectivity index (χ1n) is 15.9. The van der Waals surface area contributed by atoms with Crippen molar-refractivity contribution >= 4 is 35.5 Å². The van der Waals surface area contributed by atoms with Crippen LogP contribution >= 0.6 is 0 Å². The molecule has 6 bridgehead atoms. The fourth-order valence-electron chi connectivity index (χ4n) is 4.49. The Morgan fingerprint density at radius 1 is 0.958 bits per heavy atom. The van der Waals surface area contributed by atoms with Gasteiger partial charge in [0, 0.05) is 18.3 Å². The lowest BCUT2D eigenvalue weighted by Crippen LogP contribution is -2.51. The minimum atomic E-state index is -1.21. The largest absolute Gasteiger partial charge is 0.494 e. The van der Waals surface area contributed by atoms with Gasteiger partial charge in [0.2, 0.25) is 17.8 Å². The molecule has 2 aliphatic heterocycles. The van der Waals surface area contributed by atoms with Crippen molar-refractivity contribution in [1.29, 1.82) is 0 Å². The summed E-state index contributed by atoms with van der Waals surface area (Å²) < 4.78 is 22.8. The van der Waals surface area contributed by atoms with Crippen molar-refractivity contribution in [2.75, 3.05) is 37.0 Å². The van der Waals surface area contributed by atoms with E-state index in [2.05, 4.69) is 36.2 Å². The average molecular weight is 665 g/mol. The van der Waals surface area contributed by atoms with E-state index in [9.17, 15) is 14.4 Å². The number of nitrogens with zero attached hydrogens (tertiary/aromatic N) is 3. The Kier molecular flexibility index (Phi) is 12.6. The summed E-state index contributed by atoms with van der Waals surface area (Å²) in [7, 11) is 0. The first-order valence-corrected chi connectivity index (χ1v) is 15.9. The highest BCUT2D eigenvalue weighted by molar-refractivity contribution is 6.00. The van der Waals surface area contributed by atoms with Gasteiger partial charge in [-0.2, -0.15) is 15.0 Å². The van der Waals surface area contributed by atoms with E-state index in [4.69, 9.17) is 24.7 Å². The Morgan fingerprint density at radius 2 is 1.67 bits per heavy atom. The van der Waals surface area contributed by atoms with Gasteiger partial charge in [0.05, 0.1) is 31.9 Å². The van der Waals surface area contributed by atoms with Crippen LogP contribution in [0.25, 0.3) is 0 Å². The normalized spacial score (nSPS) is 14.3. The van der Waals surface area contributed by atoms with Crippen LogP contribution in [0.3, 0.4) is 0 Å². The van der Waals surface area contributed by atoms with Gasteiger partial charge in [0.15, 0.2) is 0 Å². The van der Waals surface area contributed by atoms with Crippen molar-refractivity contribution in [2.45, 2.75) is 71.6 Å². The van der Waals surface area contributed by atoms with E-state index in [0.717, 1.165) is 37.0 Å². The molecule has 0 unspecified atom stereocenters. The number of carbonyl (C=O) groups is 3. The average Bonchev–Trinajstić information content (AvgIpc) is 3.02. The second-order valence-electron chi connectivity index (χ2n) is 12.0. The van der Waals surface area contributed by atoms with Gasteiger partial charge in [-0.05, 0) is 83.2 Å². The number of aromatic nitrogens is 3. The fourth-order valence-corrected chi connectivity index (χ4v) is 4.49. The van der Waals surface area contributed by atoms with Gasteiger partial charge in [-0.25, -0.2) is 4.79 Å². The summed E-state index contributed by atoms with van der Waals surface area (Å²) in [5, 5.41) is 11.4. The standard InChI is InChI=1S/C33H44N8O7/c1-5-45-31-40-29-35-19-21-10-13-23(14-11-21)46-16-8-6-7-9-17-47-26-18-22(37-30(39-29)41-31)12-15-24(26)28(43)38-25(27(34)42)20-36-32(44)48-33(2,3)4/h10-15,18,25H,5-9,16-17,19-20H2,1-4H3,(H2,34,42)(H,36,44)(H,38,43)(H2,35,37,39,40,41)/t25-/m0/s1. The number of alkyl carbamates (subject to hydrolysis) is 1. The number of nitrogens with one attached hydrogen (secondary N) is 4. The molecule has 5 rings (SSSR count). The molecule has 15 heteroatoms. The van der Waals surface area contributed by atoms with Crippen molar-refractivity contribution in [3.63, 3.8) is 0 Å². The number of benzene rings is 2. The lowest BCUT2D eigenvalue weighted by Gasteiger charge is -2.22. The molecule has 3 heterocycles. The lowest BCUT2D eigenvalue weighted by molar-refractivity contribution is -0.119. The second kappa shape index (κ2) is 17.0. The molecule has 2 aromatic carbocycles. The van der Waals surface area contributed by atoms with E-state index in [1.165, 1.54) is 0 Å². The molecule has 3 aromatic rings. The van der Waals surface area contributed by atoms with E-state index in [0.29, 0.717) is 38.0 Å². The zero-order valence-corrected chi connectivity index (χ0v) is 27.8. The van der Waals surface area contributed by atoms with Gasteiger partial charge in [0.1, 0.15) is 23.1 Å². The predicted molar refractivity (Wildman–Crippen MR) is 179 cm³/mol. The molecule has 0 saturated heterocycles. The third-order valence-electron chi connectivity index (χ3n) is 6.81. The second-order valence-corrected chi connectivity index (χ2v) is 12.0. The van der Waals surface area contributed by atoms with E-state index >= 15 is 0 Å². The molecule has 2 aliphatic rings. The number of ether oxygens (including phenoxy) is 4. The minimum absolute atomic E-state index is 0.129. The summed E-state index contributed by atoms with van der Waals surface area (Å²) in [6.07, 6.45) is 2.69. The van der Waals surface area contributed by atoms with E-state index in [-0.39, 0.29) is 29.8 Å². The number of anilines is 3. The Bertz CT molecular complexity index is 1550. The van der Waals surface area contributed by atoms with Gasteiger partial charge in [-0.1, -0.05) is 12.1 Å². The van der Waals surface area contributed by atoms with Crippen LogP contribution in [0.5, 0.6) is 17.5 Å². The summed E-state index contributed by atoms with van der Waals surface area (Å²) in [5.74, 6) is 0.103. The van der Waals surface area contributed by atoms with Crippen LogP contribution in [-0.2, 0) is 16.1 Å². The maximum Gasteiger partial charge on any atom is 0.407 e. The van der Waals surface area contributed by atoms with Crippen LogP contribution in [0, 0.1) is 0 Å². The maximum atomic E-state index is 13.4. The van der Waals surface area contributed by atoms with Crippen LogP contribution in [-0.4, -0.2) is 70.9 Å². The molecule has 0 aliphatic carbocycles. The van der Waals surface area contributed by atoms with Crippen LogP contribution in [0.15, 0.2) is 42.5 Å². The SMILES string of the molecule is CCOc1nc2nc(n1)Nc1ccc(C(=O)N[C@@H](CNC(=O)OC(C)(C)C)C(N)=O)c(c1)OCCCCCCOc1ccc(cc1)CN2. The zero-order valence-electron chi connectivity index (χ0n) is 27.8. The lowest BCUT2D eigenvalue weighted by atomic mass is 10.1. The van der Waals surface area contributed by atoms with Gasteiger partial charge in [0.25, 0.3) is 5.91 Å². The summed E-state index contributed by atoms with van der Waals surface area (Å²) in [5.41, 5.74) is 6.50. The maximum absolute atomic E-state index is 13.4. The summed E-state index contributed by atoms with van der Waals surface area (Å²) in [4.78, 5) is 51.0. The van der Waals surface area contributed by atoms with E-state index in [1.807, 2.05) is 31.2 Å². The van der Waals surface area contributed by atoms with E-state index in [1.54, 1.807) is 39.0 Å². The number of nitrogens with two attached hydrogens (primary N) is 1. The highest BCUT2D eigenvalue weighted by Gasteiger charge is 2.24. The smallest absolute Gasteiger partial charge is 0.407 e. The van der Waals surface area contributed by atoms with Crippen LogP contribution < -0.4 is 41.2 Å². The molecule has 0 saturated carbocycles. The molecular weight excluding hydrogens is 620 g/mol. The first-order chi connectivity index (χ1) is 23.0. The molecule has 258 valence electrons. The quantitative estimate of drug-likeness (QED) is 0.243. The number of fused-ring (bicyclic) bond motifs is 10. The topological polar surface area (TPSA) is 201 Å². The van der Waals surface area contributed by atoms with Crippen molar-refractivity contribution in [2.24, 2.45) is 5.73 Å². The summed E-state index contributed by atoms with van der Waals surface area (Å²) in [6.45, 7) is 8.42. The third-order valence-corrected chi connectivity index (χ3v) is 6.81. The Labute approximate surface area is 279 Å². The van der Waals surface area contributed by atoms with Crippen molar-refractivity contribution < 1.29 is 33.3 Å². The molecular formula is C33H44N8O7. The Hall–Kier alpha value is -5.34. The number of hydrogen-bond acceptors (Lipinski definition) is 12. The Morgan fingerprint density at radius 3 is 2.35 bits per heavy atom. The highest BCUT2D eigenvalue weighted by Crippen LogP contribution is 2.27. The number of hydrogen-bond donors (Lipinski definition) is 5. The van der Waals surface area contributed by atoms with Gasteiger partial charge in [-0.3, -0.25) is 9.59 Å². The number of carbonyl (C=O) groups excluding carboxylic acids is 3. The summed E-state index contributed by atoms with van der Waals surface area (Å²) in [6, 6.07) is 11.6. The number of rotatable bonds is 7. The molecule has 48 heavy (non-hydrogen) atoms. The van der Waals surface area contributed by atoms with E-state index < -0.39 is 29.6 Å². The molecule has 0 fully saturated rings. The molecule has 6 N–H and O–H groups in total. The third kappa shape index (κ3) is 11.5. The van der Waals surface area contributed by atoms with Gasteiger partial charge >= 0.3 is 12.1 Å². The summed E-state index contributed by atoms with van der Waals surface area (Å²) >= 11 is 0. The molecule has 0 radical (unpaired) electrons. The van der Waals surface area contributed by atoms with Gasteiger partial charge < -0.3 is 45.9 Å².